The van der Waals surface area contributed by atoms with Crippen LogP contribution in [0.25, 0.3) is 0 Å². The molecule has 0 saturated heterocycles. The van der Waals surface area contributed by atoms with Crippen molar-refractivity contribution in [2.45, 2.75) is 47.1 Å². The molecular weight excluding hydrogens is 440 g/mol. The average molecular weight is 469 g/mol. The zero-order valence-electron chi connectivity index (χ0n) is 19.5. The molecule has 174 valence electrons. The van der Waals surface area contributed by atoms with Crippen molar-refractivity contribution in [3.05, 3.63) is 70.0 Å². The lowest BCUT2D eigenvalue weighted by molar-refractivity contribution is -0.119. The largest absolute Gasteiger partial charge is 0.493 e. The molecule has 0 radical (unpaired) electrons. The molecule has 2 N–H and O–H groups in total. The Hall–Kier alpha value is -3.32. The fourth-order valence-corrected chi connectivity index (χ4v) is 3.80. The maximum absolute atomic E-state index is 12.7. The standard InChI is InChI=1S/C25H29ClN4O3/c1-15-7-6-8-16(2)24(15)33-12-11-23(31)27-20-9-10-22(21(26)14-20)28-25(32)19(5)30-18(4)13-17(3)29-30/h6-10,13-14,19H,11-12H2,1-5H3,(H,27,31)(H,28,32). The number of halogens is 1. The zero-order chi connectivity index (χ0) is 24.1. The third kappa shape index (κ3) is 6.14. The van der Waals surface area contributed by atoms with E-state index < -0.39 is 6.04 Å². The Kier molecular flexibility index (Phi) is 7.76. The molecule has 0 aliphatic carbocycles. The number of carbonyl (C=O) groups is 2. The van der Waals surface area contributed by atoms with Crippen LogP contribution in [0.4, 0.5) is 11.4 Å². The van der Waals surface area contributed by atoms with Crippen molar-refractivity contribution in [3.63, 3.8) is 0 Å². The van der Waals surface area contributed by atoms with Gasteiger partial charge in [-0.25, -0.2) is 0 Å². The van der Waals surface area contributed by atoms with Crippen molar-refractivity contribution in [3.8, 4) is 5.75 Å². The van der Waals surface area contributed by atoms with Gasteiger partial charge in [-0.3, -0.25) is 14.3 Å². The summed E-state index contributed by atoms with van der Waals surface area (Å²) in [6.45, 7) is 9.78. The van der Waals surface area contributed by atoms with Gasteiger partial charge in [-0.1, -0.05) is 29.8 Å². The van der Waals surface area contributed by atoms with E-state index in [4.69, 9.17) is 16.3 Å². The van der Waals surface area contributed by atoms with Crippen molar-refractivity contribution in [1.29, 1.82) is 0 Å². The van der Waals surface area contributed by atoms with Gasteiger partial charge in [-0.05, 0) is 70.0 Å². The second-order valence-corrected chi connectivity index (χ2v) is 8.51. The summed E-state index contributed by atoms with van der Waals surface area (Å²) in [5.41, 5.74) is 4.83. The minimum absolute atomic E-state index is 0.188. The molecule has 2 aromatic carbocycles. The number of nitrogens with zero attached hydrogens (tertiary/aromatic N) is 2. The van der Waals surface area contributed by atoms with Gasteiger partial charge in [0.25, 0.3) is 0 Å². The first-order chi connectivity index (χ1) is 15.7. The van der Waals surface area contributed by atoms with Crippen LogP contribution in [0.2, 0.25) is 5.02 Å². The summed E-state index contributed by atoms with van der Waals surface area (Å²) < 4.78 is 7.46. The molecule has 1 unspecified atom stereocenters. The molecule has 33 heavy (non-hydrogen) atoms. The van der Waals surface area contributed by atoms with Crippen LogP contribution in [0.3, 0.4) is 0 Å². The Morgan fingerprint density at radius 3 is 2.36 bits per heavy atom. The Balaban J connectivity index is 1.55. The SMILES string of the molecule is Cc1cc(C)n(C(C)C(=O)Nc2ccc(NC(=O)CCOc3c(C)cccc3C)cc2Cl)n1. The summed E-state index contributed by atoms with van der Waals surface area (Å²) in [5.74, 6) is 0.388. The molecule has 2 amide bonds. The predicted molar refractivity (Wildman–Crippen MR) is 131 cm³/mol. The number of amides is 2. The number of carbonyl (C=O) groups excluding carboxylic acids is 2. The van der Waals surface area contributed by atoms with Gasteiger partial charge in [0.05, 0.1) is 29.4 Å². The zero-order valence-corrected chi connectivity index (χ0v) is 20.3. The molecule has 0 saturated carbocycles. The molecule has 1 atom stereocenters. The maximum atomic E-state index is 12.7. The highest BCUT2D eigenvalue weighted by Gasteiger charge is 2.19. The summed E-state index contributed by atoms with van der Waals surface area (Å²) in [4.78, 5) is 25.0. The van der Waals surface area contributed by atoms with E-state index in [2.05, 4.69) is 15.7 Å². The van der Waals surface area contributed by atoms with Crippen LogP contribution in [0.15, 0.2) is 42.5 Å². The highest BCUT2D eigenvalue weighted by molar-refractivity contribution is 6.34. The van der Waals surface area contributed by atoms with Gasteiger partial charge in [-0.2, -0.15) is 5.10 Å². The van der Waals surface area contributed by atoms with E-state index in [-0.39, 0.29) is 24.8 Å². The number of aryl methyl sites for hydroxylation is 4. The van der Waals surface area contributed by atoms with E-state index in [1.807, 2.05) is 52.0 Å². The fourth-order valence-electron chi connectivity index (χ4n) is 3.58. The first-order valence-electron chi connectivity index (χ1n) is 10.8. The molecule has 8 heteroatoms. The molecule has 0 bridgehead atoms. The molecule has 3 rings (SSSR count). The third-order valence-electron chi connectivity index (χ3n) is 5.29. The summed E-state index contributed by atoms with van der Waals surface area (Å²) >= 11 is 6.35. The lowest BCUT2D eigenvalue weighted by Gasteiger charge is -2.16. The molecule has 3 aromatic rings. The number of aromatic nitrogens is 2. The first kappa shape index (κ1) is 24.3. The van der Waals surface area contributed by atoms with Crippen LogP contribution in [0.5, 0.6) is 5.75 Å². The van der Waals surface area contributed by atoms with E-state index in [0.29, 0.717) is 16.4 Å². The lowest BCUT2D eigenvalue weighted by Crippen LogP contribution is -2.25. The van der Waals surface area contributed by atoms with Crippen LogP contribution >= 0.6 is 11.6 Å². The quantitative estimate of drug-likeness (QED) is 0.465. The molecule has 0 aliphatic rings. The molecular formula is C25H29ClN4O3. The number of anilines is 2. The first-order valence-corrected chi connectivity index (χ1v) is 11.2. The monoisotopic (exact) mass is 468 g/mol. The number of nitrogens with one attached hydrogen (secondary N) is 2. The highest BCUT2D eigenvalue weighted by Crippen LogP contribution is 2.27. The number of hydrogen-bond acceptors (Lipinski definition) is 4. The van der Waals surface area contributed by atoms with Gasteiger partial charge in [0, 0.05) is 11.4 Å². The number of para-hydroxylation sites is 1. The summed E-state index contributed by atoms with van der Waals surface area (Å²) in [5, 5.41) is 10.3. The maximum Gasteiger partial charge on any atom is 0.248 e. The second kappa shape index (κ2) is 10.5. The fraction of sp³-hybridized carbons (Fsp3) is 0.320. The lowest BCUT2D eigenvalue weighted by atomic mass is 10.1. The smallest absolute Gasteiger partial charge is 0.248 e. The van der Waals surface area contributed by atoms with Crippen LogP contribution in [-0.4, -0.2) is 28.2 Å². The van der Waals surface area contributed by atoms with Gasteiger partial charge >= 0.3 is 0 Å². The van der Waals surface area contributed by atoms with Crippen molar-refractivity contribution in [2.75, 3.05) is 17.2 Å². The average Bonchev–Trinajstić information content (AvgIpc) is 3.09. The molecule has 1 heterocycles. The Bertz CT molecular complexity index is 1150. The number of hydrogen-bond donors (Lipinski definition) is 2. The van der Waals surface area contributed by atoms with Gasteiger partial charge in [0.1, 0.15) is 11.8 Å². The van der Waals surface area contributed by atoms with Gasteiger partial charge in [0.2, 0.25) is 11.8 Å². The molecule has 7 nitrogen and oxygen atoms in total. The minimum atomic E-state index is -0.494. The molecule has 0 spiro atoms. The van der Waals surface area contributed by atoms with Gasteiger partial charge in [-0.15, -0.1) is 0 Å². The van der Waals surface area contributed by atoms with Crippen molar-refractivity contribution < 1.29 is 14.3 Å². The Morgan fingerprint density at radius 1 is 1.06 bits per heavy atom. The number of rotatable bonds is 8. The summed E-state index contributed by atoms with van der Waals surface area (Å²) in [7, 11) is 0. The Morgan fingerprint density at radius 2 is 1.76 bits per heavy atom. The van der Waals surface area contributed by atoms with E-state index in [1.54, 1.807) is 29.8 Å². The van der Waals surface area contributed by atoms with Crippen molar-refractivity contribution in [1.82, 2.24) is 9.78 Å². The topological polar surface area (TPSA) is 85.2 Å². The van der Waals surface area contributed by atoms with Crippen molar-refractivity contribution in [2.24, 2.45) is 0 Å². The van der Waals surface area contributed by atoms with E-state index in [1.165, 1.54) is 0 Å². The number of benzene rings is 2. The van der Waals surface area contributed by atoms with Gasteiger partial charge in [0.15, 0.2) is 0 Å². The van der Waals surface area contributed by atoms with Crippen LogP contribution < -0.4 is 15.4 Å². The van der Waals surface area contributed by atoms with Gasteiger partial charge < -0.3 is 15.4 Å². The van der Waals surface area contributed by atoms with E-state index >= 15 is 0 Å². The normalized spacial score (nSPS) is 11.7. The third-order valence-corrected chi connectivity index (χ3v) is 5.60. The summed E-state index contributed by atoms with van der Waals surface area (Å²) in [6.07, 6.45) is 0.198. The molecule has 1 aromatic heterocycles. The second-order valence-electron chi connectivity index (χ2n) is 8.10. The molecule has 0 aliphatic heterocycles. The number of ether oxygens (including phenoxy) is 1. The van der Waals surface area contributed by atoms with Crippen LogP contribution in [-0.2, 0) is 9.59 Å². The van der Waals surface area contributed by atoms with Crippen LogP contribution in [0, 0.1) is 27.7 Å². The highest BCUT2D eigenvalue weighted by atomic mass is 35.5. The minimum Gasteiger partial charge on any atom is -0.493 e. The van der Waals surface area contributed by atoms with Crippen molar-refractivity contribution >= 4 is 34.8 Å². The molecule has 0 fully saturated rings. The van der Waals surface area contributed by atoms with E-state index in [9.17, 15) is 9.59 Å². The van der Waals surface area contributed by atoms with E-state index in [0.717, 1.165) is 28.3 Å². The van der Waals surface area contributed by atoms with Crippen LogP contribution in [0.1, 0.15) is 41.9 Å². The predicted octanol–water partition coefficient (Wildman–Crippen LogP) is 5.38. The Labute approximate surface area is 199 Å². The summed E-state index contributed by atoms with van der Waals surface area (Å²) in [6, 6.07) is 12.3.